The van der Waals surface area contributed by atoms with Crippen LogP contribution in [0.2, 0.25) is 0 Å². The van der Waals surface area contributed by atoms with E-state index in [9.17, 15) is 0 Å². The third kappa shape index (κ3) is 1.32. The van der Waals surface area contributed by atoms with E-state index in [0.29, 0.717) is 6.10 Å². The van der Waals surface area contributed by atoms with Gasteiger partial charge in [-0.2, -0.15) is 11.8 Å². The van der Waals surface area contributed by atoms with E-state index >= 15 is 0 Å². The molecule has 10 heavy (non-hydrogen) atoms. The number of rotatable bonds is 0. The van der Waals surface area contributed by atoms with Crippen LogP contribution in [0.4, 0.5) is 0 Å². The van der Waals surface area contributed by atoms with Crippen LogP contribution in [-0.2, 0) is 4.74 Å². The molecular weight excluding hydrogens is 144 g/mol. The maximum atomic E-state index is 5.71. The molecule has 0 bridgehead atoms. The van der Waals surface area contributed by atoms with E-state index in [1.54, 1.807) is 0 Å². The first-order chi connectivity index (χ1) is 4.97. The largest absolute Gasteiger partial charge is 0.377 e. The van der Waals surface area contributed by atoms with Gasteiger partial charge in [0.25, 0.3) is 0 Å². The molecule has 2 fully saturated rings. The fraction of sp³-hybridized carbons (Fsp3) is 1.00. The average molecular weight is 158 g/mol. The molecule has 0 aliphatic carbocycles. The molecule has 1 nitrogen and oxygen atoms in total. The topological polar surface area (TPSA) is 9.23 Å². The lowest BCUT2D eigenvalue weighted by Crippen LogP contribution is -2.19. The van der Waals surface area contributed by atoms with Gasteiger partial charge in [0.15, 0.2) is 0 Å². The summed E-state index contributed by atoms with van der Waals surface area (Å²) < 4.78 is 5.71. The van der Waals surface area contributed by atoms with Crippen molar-refractivity contribution in [2.24, 2.45) is 5.92 Å². The van der Waals surface area contributed by atoms with Crippen LogP contribution in [0.3, 0.4) is 0 Å². The van der Waals surface area contributed by atoms with E-state index < -0.39 is 0 Å². The Hall–Kier alpha value is 0.310. The van der Waals surface area contributed by atoms with Crippen LogP contribution in [0.25, 0.3) is 0 Å². The van der Waals surface area contributed by atoms with Gasteiger partial charge in [0.1, 0.15) is 0 Å². The van der Waals surface area contributed by atoms with Gasteiger partial charge in [0, 0.05) is 12.4 Å². The van der Waals surface area contributed by atoms with Crippen molar-refractivity contribution in [3.8, 4) is 0 Å². The van der Waals surface area contributed by atoms with Crippen LogP contribution in [0.1, 0.15) is 19.3 Å². The Morgan fingerprint density at radius 3 is 3.20 bits per heavy atom. The summed E-state index contributed by atoms with van der Waals surface area (Å²) in [6.07, 6.45) is 4.71. The lowest BCUT2D eigenvalue weighted by Gasteiger charge is -2.13. The molecular formula is C8H14OS. The summed E-state index contributed by atoms with van der Waals surface area (Å²) in [6, 6.07) is 0. The summed E-state index contributed by atoms with van der Waals surface area (Å²) in [4.78, 5) is 0. The predicted molar refractivity (Wildman–Crippen MR) is 44.4 cm³/mol. The van der Waals surface area contributed by atoms with Gasteiger partial charge in [-0.15, -0.1) is 0 Å². The Labute approximate surface area is 66.5 Å². The van der Waals surface area contributed by atoms with Gasteiger partial charge in [-0.25, -0.2) is 0 Å². The molecule has 0 aromatic carbocycles. The zero-order valence-corrected chi connectivity index (χ0v) is 7.03. The fourth-order valence-corrected chi connectivity index (χ4v) is 3.20. The van der Waals surface area contributed by atoms with E-state index in [2.05, 4.69) is 11.8 Å². The van der Waals surface area contributed by atoms with Crippen LogP contribution in [0.15, 0.2) is 0 Å². The zero-order chi connectivity index (χ0) is 6.81. The molecule has 2 unspecified atom stereocenters. The second-order valence-electron chi connectivity index (χ2n) is 3.20. The summed E-state index contributed by atoms with van der Waals surface area (Å²) in [5, 5.41) is 0. The highest BCUT2D eigenvalue weighted by Crippen LogP contribution is 2.32. The van der Waals surface area contributed by atoms with Gasteiger partial charge in [-0.1, -0.05) is 6.42 Å². The highest BCUT2D eigenvalue weighted by Gasteiger charge is 2.29. The molecule has 0 N–H and O–H groups in total. The maximum Gasteiger partial charge on any atom is 0.0701 e. The van der Waals surface area contributed by atoms with Crippen molar-refractivity contribution in [1.29, 1.82) is 0 Å². The van der Waals surface area contributed by atoms with E-state index in [-0.39, 0.29) is 0 Å². The minimum absolute atomic E-state index is 0.618. The van der Waals surface area contributed by atoms with E-state index in [1.165, 1.54) is 30.8 Å². The Morgan fingerprint density at radius 2 is 2.20 bits per heavy atom. The van der Waals surface area contributed by atoms with Crippen LogP contribution < -0.4 is 0 Å². The summed E-state index contributed by atoms with van der Waals surface area (Å²) in [5.74, 6) is 3.50. The first kappa shape index (κ1) is 6.99. The number of thioether (sulfide) groups is 1. The van der Waals surface area contributed by atoms with Crippen LogP contribution in [0, 0.1) is 5.92 Å². The molecule has 2 aliphatic heterocycles. The first-order valence-electron chi connectivity index (χ1n) is 4.16. The zero-order valence-electron chi connectivity index (χ0n) is 6.21. The highest BCUT2D eigenvalue weighted by atomic mass is 32.2. The minimum Gasteiger partial charge on any atom is -0.377 e. The molecule has 2 heterocycles. The molecule has 58 valence electrons. The number of hydrogen-bond acceptors (Lipinski definition) is 2. The Balaban J connectivity index is 1.95. The molecule has 2 saturated heterocycles. The van der Waals surface area contributed by atoms with Crippen molar-refractivity contribution in [3.63, 3.8) is 0 Å². The lowest BCUT2D eigenvalue weighted by atomic mass is 10.0. The molecule has 0 amide bonds. The molecule has 2 atom stereocenters. The standard InChI is InChI=1S/C8H14OS/c1-2-4-9-8-6-10-5-7(8)3-1/h7-8H,1-6H2. The van der Waals surface area contributed by atoms with Gasteiger partial charge >= 0.3 is 0 Å². The van der Waals surface area contributed by atoms with Crippen molar-refractivity contribution in [2.75, 3.05) is 18.1 Å². The molecule has 0 aromatic rings. The molecule has 0 radical (unpaired) electrons. The molecule has 0 aromatic heterocycles. The third-order valence-electron chi connectivity index (χ3n) is 2.44. The van der Waals surface area contributed by atoms with Gasteiger partial charge in [0.2, 0.25) is 0 Å². The second kappa shape index (κ2) is 3.14. The molecule has 2 rings (SSSR count). The van der Waals surface area contributed by atoms with Crippen molar-refractivity contribution in [1.82, 2.24) is 0 Å². The fourth-order valence-electron chi connectivity index (χ4n) is 1.78. The van der Waals surface area contributed by atoms with Crippen molar-refractivity contribution < 1.29 is 4.74 Å². The number of ether oxygens (including phenoxy) is 1. The first-order valence-corrected chi connectivity index (χ1v) is 5.31. The Kier molecular flexibility index (Phi) is 2.19. The Morgan fingerprint density at radius 1 is 1.20 bits per heavy atom. The smallest absolute Gasteiger partial charge is 0.0701 e. The minimum atomic E-state index is 0.618. The van der Waals surface area contributed by atoms with E-state index in [1.807, 2.05) is 0 Å². The number of fused-ring (bicyclic) bond motifs is 1. The van der Waals surface area contributed by atoms with Gasteiger partial charge in [-0.05, 0) is 24.5 Å². The quantitative estimate of drug-likeness (QED) is 0.532. The predicted octanol–water partition coefficient (Wildman–Crippen LogP) is 1.92. The molecule has 0 saturated carbocycles. The van der Waals surface area contributed by atoms with Crippen molar-refractivity contribution in [2.45, 2.75) is 25.4 Å². The normalized spacial score (nSPS) is 40.8. The van der Waals surface area contributed by atoms with Crippen molar-refractivity contribution in [3.05, 3.63) is 0 Å². The van der Waals surface area contributed by atoms with Gasteiger partial charge in [0.05, 0.1) is 6.10 Å². The summed E-state index contributed by atoms with van der Waals surface area (Å²) in [6.45, 7) is 1.02. The van der Waals surface area contributed by atoms with Gasteiger partial charge < -0.3 is 4.74 Å². The average Bonchev–Trinajstić information content (AvgIpc) is 2.28. The van der Waals surface area contributed by atoms with Crippen LogP contribution in [0.5, 0.6) is 0 Å². The van der Waals surface area contributed by atoms with Gasteiger partial charge in [-0.3, -0.25) is 0 Å². The molecule has 2 heteroatoms. The second-order valence-corrected chi connectivity index (χ2v) is 4.28. The monoisotopic (exact) mass is 158 g/mol. The SMILES string of the molecule is C1CCC2CSCC2OC1. The van der Waals surface area contributed by atoms with Crippen LogP contribution in [-0.4, -0.2) is 24.2 Å². The third-order valence-corrected chi connectivity index (χ3v) is 3.67. The molecule has 2 aliphatic rings. The van der Waals surface area contributed by atoms with E-state index in [0.717, 1.165) is 12.5 Å². The summed E-state index contributed by atoms with van der Waals surface area (Å²) in [7, 11) is 0. The van der Waals surface area contributed by atoms with E-state index in [4.69, 9.17) is 4.74 Å². The highest BCUT2D eigenvalue weighted by molar-refractivity contribution is 7.99. The summed E-state index contributed by atoms with van der Waals surface area (Å²) >= 11 is 2.06. The van der Waals surface area contributed by atoms with Crippen LogP contribution >= 0.6 is 11.8 Å². The van der Waals surface area contributed by atoms with Crippen molar-refractivity contribution >= 4 is 11.8 Å². The Bertz CT molecular complexity index is 104. The molecule has 0 spiro atoms. The summed E-state index contributed by atoms with van der Waals surface area (Å²) in [5.41, 5.74) is 0. The lowest BCUT2D eigenvalue weighted by molar-refractivity contribution is 0.0538. The number of hydrogen-bond donors (Lipinski definition) is 0. The maximum absolute atomic E-state index is 5.71.